The van der Waals surface area contributed by atoms with Crippen LogP contribution in [-0.4, -0.2) is 167 Å². The molecule has 0 radical (unpaired) electrons. The fourth-order valence-corrected chi connectivity index (χ4v) is 14.6. The highest BCUT2D eigenvalue weighted by Crippen LogP contribution is 2.47. The van der Waals surface area contributed by atoms with Crippen LogP contribution < -0.4 is 0 Å². The van der Waals surface area contributed by atoms with Crippen LogP contribution in [0.15, 0.2) is 24.3 Å². The van der Waals surface area contributed by atoms with Crippen LogP contribution in [0, 0.1) is 17.8 Å². The van der Waals surface area contributed by atoms with Crippen molar-refractivity contribution in [3.05, 3.63) is 24.3 Å². The third-order valence-electron chi connectivity index (χ3n) is 18.2. The molecule has 0 aliphatic carbocycles. The molecule has 0 aromatic heterocycles. The van der Waals surface area contributed by atoms with Gasteiger partial charge in [-0.2, -0.15) is 0 Å². The molecule has 19 heteroatoms. The third kappa shape index (κ3) is 19.0. The molecule has 0 aromatic rings. The lowest BCUT2D eigenvalue weighted by Crippen LogP contribution is -2.68. The summed E-state index contributed by atoms with van der Waals surface area (Å²) in [7, 11) is -1.63. The van der Waals surface area contributed by atoms with Gasteiger partial charge in [-0.25, -0.2) is 0 Å². The summed E-state index contributed by atoms with van der Waals surface area (Å²) < 4.78 is 83.9. The van der Waals surface area contributed by atoms with Gasteiger partial charge >= 0.3 is 11.9 Å². The Hall–Kier alpha value is -1.02. The van der Waals surface area contributed by atoms with E-state index in [1.165, 1.54) is 0 Å². The summed E-state index contributed by atoms with van der Waals surface area (Å²) >= 11 is 1.56. The first-order chi connectivity index (χ1) is 36.2. The SMILES string of the molecule is CO[C@@H]1[C@@H](O[C@@H]2O[C@H](C)[C@@H](O[C@H]3C[C@@](C)(OCSC)[C@@H](OC(=O)CC(C)C)[C@H](C)O3)[C@H](N(C)C)[C@H]2O[Si](C)(C)C(C)(C)C)[C@H]2CC(O[Si](C)(C)C(C)(C)C)O[C@@H]1CC(=O)O[C@H](C)C/C=C/C=C/[C@H](O[Si](C)(C)C(C)(C)C)[C@H](C)C2. The van der Waals surface area contributed by atoms with E-state index in [0.717, 1.165) is 0 Å². The normalized spacial score (nSPS) is 36.2. The van der Waals surface area contributed by atoms with Gasteiger partial charge in [-0.15, -0.1) is 11.8 Å². The zero-order valence-electron chi connectivity index (χ0n) is 54.1. The average molecular weight is 1190 g/mol. The minimum absolute atomic E-state index is 0.00572. The number of ether oxygens (including phenoxy) is 9. The molecule has 17 atom stereocenters. The summed E-state index contributed by atoms with van der Waals surface area (Å²) in [5, 5.41) is -0.363. The Labute approximate surface area is 487 Å². The highest BCUT2D eigenvalue weighted by atomic mass is 32.2. The van der Waals surface area contributed by atoms with Crippen molar-refractivity contribution in [2.75, 3.05) is 33.4 Å². The lowest BCUT2D eigenvalue weighted by atomic mass is 9.83. The Balaban J connectivity index is 1.93. The van der Waals surface area contributed by atoms with E-state index in [1.54, 1.807) is 18.9 Å². The molecule has 4 aliphatic rings. The third-order valence-corrected chi connectivity index (χ3v) is 31.9. The van der Waals surface area contributed by atoms with Gasteiger partial charge in [0.05, 0.1) is 48.9 Å². The summed E-state index contributed by atoms with van der Waals surface area (Å²) in [6, 6.07) is -0.421. The summed E-state index contributed by atoms with van der Waals surface area (Å²) in [6.45, 7) is 47.9. The molecule has 0 amide bonds. The molecule has 0 N–H and O–H groups in total. The van der Waals surface area contributed by atoms with Crippen molar-refractivity contribution in [2.24, 2.45) is 17.8 Å². The van der Waals surface area contributed by atoms with Gasteiger partial charge < -0.3 is 60.8 Å². The topological polar surface area (TPSA) is 148 Å². The Bertz CT molecular complexity index is 1990. The second-order valence-corrected chi connectivity index (χ2v) is 43.9. The highest BCUT2D eigenvalue weighted by Gasteiger charge is 2.57. The molecule has 15 nitrogen and oxygen atoms in total. The second kappa shape index (κ2) is 28.5. The summed E-state index contributed by atoms with van der Waals surface area (Å²) in [5.74, 6) is -0.399. The number of thioether (sulfide) groups is 1. The predicted octanol–water partition coefficient (Wildman–Crippen LogP) is 13.0. The van der Waals surface area contributed by atoms with E-state index in [2.05, 4.69) is 126 Å². The number of esters is 2. The molecule has 4 heterocycles. The minimum atomic E-state index is -2.63. The summed E-state index contributed by atoms with van der Waals surface area (Å²) in [5.41, 5.74) is -0.915. The fourth-order valence-electron chi connectivity index (χ4n) is 10.4. The monoisotopic (exact) mass is 1190 g/mol. The molecule has 1 unspecified atom stereocenters. The van der Waals surface area contributed by atoms with Gasteiger partial charge in [0.25, 0.3) is 0 Å². The first-order valence-corrected chi connectivity index (χ1v) is 39.6. The molecule has 3 saturated heterocycles. The van der Waals surface area contributed by atoms with Gasteiger partial charge in [0, 0.05) is 32.8 Å². The van der Waals surface area contributed by atoms with Gasteiger partial charge in [-0.3, -0.25) is 9.59 Å². The van der Waals surface area contributed by atoms with E-state index in [4.69, 9.17) is 55.9 Å². The van der Waals surface area contributed by atoms with Crippen molar-refractivity contribution >= 4 is 48.7 Å². The van der Waals surface area contributed by atoms with Gasteiger partial charge in [-0.1, -0.05) is 107 Å². The predicted molar refractivity (Wildman–Crippen MR) is 325 cm³/mol. The Kier molecular flexibility index (Phi) is 25.4. The number of cyclic esters (lactones) is 1. The molecule has 460 valence electrons. The van der Waals surface area contributed by atoms with Gasteiger partial charge in [0.15, 0.2) is 43.6 Å². The standard InChI is InChI=1S/C60H113NO14SSi3/c1-38(2)32-46(62)70-55-42(6)67-49(36-60(55,16)65-37-76-20)71-51-41(5)68-56(54(50(51)61(17)18)75-79(25,26)59(13,14)15)72-52-43-33-39(3)44(73-77(21,22)57(7,8)9)31-29-27-28-30-40(4)66-47(63)35-45(53(52)64-19)69-48(34-43)74-78(23,24)58(10,11)12/h27-29,31,38-45,48-56H,30,32-37H2,1-26H3/b28-27+,31-29+/t39-,40-,41-,42+,43-,44+,45-,48?,49+,50+,51-,52+,53+,54-,55+,56+,60-/m1/s1. The number of hydrogen-bond donors (Lipinski definition) is 0. The number of hydrogen-bond acceptors (Lipinski definition) is 16. The molecule has 0 aromatic carbocycles. The van der Waals surface area contributed by atoms with Crippen molar-refractivity contribution in [3.8, 4) is 0 Å². The number of likely N-dealkylation sites (N-methyl/N-ethyl adjacent to an activating group) is 1. The Morgan fingerprint density at radius 3 is 1.92 bits per heavy atom. The largest absolute Gasteiger partial charge is 0.462 e. The van der Waals surface area contributed by atoms with Crippen molar-refractivity contribution in [1.82, 2.24) is 4.90 Å². The van der Waals surface area contributed by atoms with Crippen LogP contribution in [0.2, 0.25) is 54.4 Å². The number of carbonyl (C=O) groups excluding carboxylic acids is 2. The van der Waals surface area contributed by atoms with Crippen molar-refractivity contribution in [1.29, 1.82) is 0 Å². The molecular formula is C60H113NO14SSi3. The molecular weight excluding hydrogens is 1070 g/mol. The maximum atomic E-state index is 14.2. The average Bonchev–Trinajstić information content (AvgIpc) is 3.41. The zero-order valence-corrected chi connectivity index (χ0v) is 58.0. The fraction of sp³-hybridized carbons (Fsp3) is 0.900. The van der Waals surface area contributed by atoms with Crippen LogP contribution in [0.5, 0.6) is 0 Å². The number of nitrogens with zero attached hydrogens (tertiary/aromatic N) is 1. The van der Waals surface area contributed by atoms with Crippen molar-refractivity contribution < 1.29 is 65.5 Å². The summed E-state index contributed by atoms with van der Waals surface area (Å²) in [4.78, 5) is 29.6. The Morgan fingerprint density at radius 2 is 1.37 bits per heavy atom. The summed E-state index contributed by atoms with van der Waals surface area (Å²) in [6.07, 6.45) is 4.20. The van der Waals surface area contributed by atoms with Crippen LogP contribution in [0.4, 0.5) is 0 Å². The van der Waals surface area contributed by atoms with Gasteiger partial charge in [0.1, 0.15) is 36.3 Å². The zero-order chi connectivity index (χ0) is 60.0. The number of carbonyl (C=O) groups is 2. The molecule has 2 bridgehead atoms. The van der Waals surface area contributed by atoms with Crippen LogP contribution in [-0.2, 0) is 65.5 Å². The maximum absolute atomic E-state index is 14.2. The van der Waals surface area contributed by atoms with E-state index < -0.39 is 110 Å². The second-order valence-electron chi connectivity index (χ2n) is 28.8. The first kappa shape index (κ1) is 70.5. The van der Waals surface area contributed by atoms with Gasteiger partial charge in [0.2, 0.25) is 0 Å². The molecule has 79 heavy (non-hydrogen) atoms. The van der Waals surface area contributed by atoms with Crippen LogP contribution in [0.25, 0.3) is 0 Å². The lowest BCUT2D eigenvalue weighted by Gasteiger charge is -2.53. The lowest BCUT2D eigenvalue weighted by molar-refractivity contribution is -0.343. The van der Waals surface area contributed by atoms with Crippen molar-refractivity contribution in [2.45, 2.75) is 295 Å². The van der Waals surface area contributed by atoms with E-state index >= 15 is 0 Å². The van der Waals surface area contributed by atoms with Crippen LogP contribution >= 0.6 is 11.8 Å². The molecule has 0 spiro atoms. The number of methoxy groups -OCH3 is 1. The smallest absolute Gasteiger partial charge is 0.308 e. The van der Waals surface area contributed by atoms with E-state index in [0.29, 0.717) is 38.0 Å². The minimum Gasteiger partial charge on any atom is -0.462 e. The first-order valence-electron chi connectivity index (χ1n) is 29.5. The quantitative estimate of drug-likeness (QED) is 0.0727. The molecule has 0 saturated carbocycles. The van der Waals surface area contributed by atoms with E-state index in [-0.39, 0.29) is 57.5 Å². The van der Waals surface area contributed by atoms with Crippen molar-refractivity contribution in [3.63, 3.8) is 0 Å². The van der Waals surface area contributed by atoms with E-state index in [1.807, 2.05) is 74.0 Å². The molecule has 4 rings (SSSR count). The number of allylic oxidation sites excluding steroid dienone is 2. The van der Waals surface area contributed by atoms with Crippen LogP contribution in [0.3, 0.4) is 0 Å². The number of fused-ring (bicyclic) bond motifs is 3. The molecule has 3 fully saturated rings. The highest BCUT2D eigenvalue weighted by molar-refractivity contribution is 7.98. The Morgan fingerprint density at radius 1 is 0.772 bits per heavy atom. The maximum Gasteiger partial charge on any atom is 0.308 e. The van der Waals surface area contributed by atoms with Crippen LogP contribution in [0.1, 0.15) is 149 Å². The molecule has 4 aliphatic heterocycles. The van der Waals surface area contributed by atoms with E-state index in [9.17, 15) is 9.59 Å². The number of rotatable bonds is 18. The van der Waals surface area contributed by atoms with Gasteiger partial charge in [-0.05, 0) is 127 Å².